The first-order valence-corrected chi connectivity index (χ1v) is 6.70. The van der Waals surface area contributed by atoms with E-state index >= 15 is 0 Å². The van der Waals surface area contributed by atoms with Gasteiger partial charge in [0.25, 0.3) is 0 Å². The first-order chi connectivity index (χ1) is 8.81. The monoisotopic (exact) mass is 307 g/mol. The molecule has 0 aliphatic rings. The van der Waals surface area contributed by atoms with E-state index in [0.717, 1.165) is 28.1 Å². The number of halogens is 1. The van der Waals surface area contributed by atoms with Crippen LogP contribution in [-0.4, -0.2) is 12.1 Å². The Morgan fingerprint density at radius 1 is 1.17 bits per heavy atom. The van der Waals surface area contributed by atoms with Gasteiger partial charge in [-0.1, -0.05) is 28.1 Å². The van der Waals surface area contributed by atoms with Crippen LogP contribution in [0.15, 0.2) is 42.6 Å². The van der Waals surface area contributed by atoms with Gasteiger partial charge in [-0.05, 0) is 29.8 Å². The van der Waals surface area contributed by atoms with Crippen LogP contribution in [0.2, 0.25) is 0 Å². The summed E-state index contributed by atoms with van der Waals surface area (Å²) in [5, 5.41) is 0.753. The molecule has 0 saturated heterocycles. The minimum absolute atomic E-state index is 0.506. The van der Waals surface area contributed by atoms with Gasteiger partial charge in [0.1, 0.15) is 18.1 Å². The molecule has 0 radical (unpaired) electrons. The maximum Gasteiger partial charge on any atom is 0.138 e. The molecular formula is C14H14BrNO2. The van der Waals surface area contributed by atoms with Crippen molar-refractivity contribution < 1.29 is 9.47 Å². The van der Waals surface area contributed by atoms with Crippen molar-refractivity contribution in [2.45, 2.75) is 11.9 Å². The van der Waals surface area contributed by atoms with Gasteiger partial charge in [-0.25, -0.2) is 0 Å². The van der Waals surface area contributed by atoms with Crippen molar-refractivity contribution in [3.8, 4) is 11.5 Å². The van der Waals surface area contributed by atoms with Crippen LogP contribution >= 0.6 is 15.9 Å². The molecule has 0 amide bonds. The summed E-state index contributed by atoms with van der Waals surface area (Å²) in [6.45, 7) is 0.506. The van der Waals surface area contributed by atoms with Crippen LogP contribution in [0, 0.1) is 0 Å². The Balaban J connectivity index is 1.97. The number of alkyl halides is 1. The molecule has 0 bridgehead atoms. The quantitative estimate of drug-likeness (QED) is 0.791. The number of methoxy groups -OCH3 is 1. The lowest BCUT2D eigenvalue weighted by Crippen LogP contribution is -1.97. The lowest BCUT2D eigenvalue weighted by atomic mass is 10.2. The molecule has 1 aromatic heterocycles. The molecule has 0 atom stereocenters. The van der Waals surface area contributed by atoms with Gasteiger partial charge in [0, 0.05) is 5.33 Å². The summed E-state index contributed by atoms with van der Waals surface area (Å²) in [7, 11) is 1.66. The molecule has 1 aromatic carbocycles. The van der Waals surface area contributed by atoms with Gasteiger partial charge >= 0.3 is 0 Å². The number of aromatic nitrogens is 1. The van der Waals surface area contributed by atoms with Crippen molar-refractivity contribution in [2.75, 3.05) is 7.11 Å². The Kier molecular flexibility index (Phi) is 4.59. The number of nitrogens with zero attached hydrogens (tertiary/aromatic N) is 1. The minimum atomic E-state index is 0.506. The van der Waals surface area contributed by atoms with E-state index in [1.54, 1.807) is 13.3 Å². The molecule has 2 aromatic rings. The van der Waals surface area contributed by atoms with Crippen molar-refractivity contribution in [1.29, 1.82) is 0 Å². The van der Waals surface area contributed by atoms with E-state index in [0.29, 0.717) is 6.61 Å². The molecular weight excluding hydrogens is 294 g/mol. The zero-order valence-electron chi connectivity index (χ0n) is 10.1. The summed E-state index contributed by atoms with van der Waals surface area (Å²) in [6, 6.07) is 11.7. The molecule has 0 aliphatic heterocycles. The predicted molar refractivity (Wildman–Crippen MR) is 74.2 cm³/mol. The molecule has 0 fully saturated rings. The average molecular weight is 308 g/mol. The number of hydrogen-bond donors (Lipinski definition) is 0. The molecule has 0 aliphatic carbocycles. The Morgan fingerprint density at radius 2 is 2.06 bits per heavy atom. The van der Waals surface area contributed by atoms with E-state index in [1.807, 2.05) is 36.4 Å². The summed E-state index contributed by atoms with van der Waals surface area (Å²) in [5.74, 6) is 1.60. The van der Waals surface area contributed by atoms with Crippen LogP contribution in [0.1, 0.15) is 11.3 Å². The summed E-state index contributed by atoms with van der Waals surface area (Å²) in [6.07, 6.45) is 1.73. The second-order valence-corrected chi connectivity index (χ2v) is 4.32. The molecule has 1 heterocycles. The fourth-order valence-electron chi connectivity index (χ4n) is 1.50. The molecule has 94 valence electrons. The highest BCUT2D eigenvalue weighted by atomic mass is 79.9. The highest BCUT2D eigenvalue weighted by Crippen LogP contribution is 2.16. The third kappa shape index (κ3) is 3.47. The second-order valence-electron chi connectivity index (χ2n) is 3.76. The average Bonchev–Trinajstić information content (AvgIpc) is 2.46. The smallest absolute Gasteiger partial charge is 0.138 e. The summed E-state index contributed by atoms with van der Waals surface area (Å²) < 4.78 is 10.8. The number of rotatable bonds is 5. The van der Waals surface area contributed by atoms with Crippen LogP contribution < -0.4 is 9.47 Å². The third-order valence-corrected chi connectivity index (χ3v) is 3.05. The molecule has 18 heavy (non-hydrogen) atoms. The van der Waals surface area contributed by atoms with Gasteiger partial charge in [0.15, 0.2) is 0 Å². The Labute approximate surface area is 115 Å². The van der Waals surface area contributed by atoms with Crippen LogP contribution in [-0.2, 0) is 11.9 Å². The molecule has 2 rings (SSSR count). The number of hydrogen-bond acceptors (Lipinski definition) is 3. The van der Waals surface area contributed by atoms with Crippen LogP contribution in [0.5, 0.6) is 11.5 Å². The fourth-order valence-corrected chi connectivity index (χ4v) is 1.84. The number of pyridine rings is 1. The van der Waals surface area contributed by atoms with Gasteiger partial charge in [0.05, 0.1) is 19.0 Å². The van der Waals surface area contributed by atoms with Crippen molar-refractivity contribution in [1.82, 2.24) is 4.98 Å². The van der Waals surface area contributed by atoms with Gasteiger partial charge in [-0.3, -0.25) is 4.98 Å². The lowest BCUT2D eigenvalue weighted by molar-refractivity contribution is 0.304. The number of ether oxygens (including phenoxy) is 2. The lowest BCUT2D eigenvalue weighted by Gasteiger charge is -2.07. The molecule has 0 saturated carbocycles. The molecule has 4 heteroatoms. The molecule has 0 unspecified atom stereocenters. The first-order valence-electron chi connectivity index (χ1n) is 5.58. The topological polar surface area (TPSA) is 31.4 Å². The second kappa shape index (κ2) is 6.40. The number of benzene rings is 1. The van der Waals surface area contributed by atoms with Crippen molar-refractivity contribution >= 4 is 15.9 Å². The van der Waals surface area contributed by atoms with Gasteiger partial charge in [-0.15, -0.1) is 0 Å². The molecule has 0 spiro atoms. The van der Waals surface area contributed by atoms with Gasteiger partial charge in [0.2, 0.25) is 0 Å². The Morgan fingerprint density at radius 3 is 2.72 bits per heavy atom. The van der Waals surface area contributed by atoms with E-state index in [-0.39, 0.29) is 0 Å². The van der Waals surface area contributed by atoms with E-state index in [4.69, 9.17) is 9.47 Å². The maximum absolute atomic E-state index is 5.66. The SMILES string of the molecule is COc1cccc(COc2ccc(CBr)nc2)c1. The highest BCUT2D eigenvalue weighted by molar-refractivity contribution is 9.08. The van der Waals surface area contributed by atoms with Crippen LogP contribution in [0.4, 0.5) is 0 Å². The van der Waals surface area contributed by atoms with Gasteiger partial charge < -0.3 is 9.47 Å². The Hall–Kier alpha value is -1.55. The fraction of sp³-hybridized carbons (Fsp3) is 0.214. The molecule has 0 N–H and O–H groups in total. The normalized spacial score (nSPS) is 10.1. The highest BCUT2D eigenvalue weighted by Gasteiger charge is 1.99. The standard InChI is InChI=1S/C14H14BrNO2/c1-17-13-4-2-3-11(7-13)10-18-14-6-5-12(8-15)16-9-14/h2-7,9H,8,10H2,1H3. The first kappa shape index (κ1) is 12.9. The largest absolute Gasteiger partial charge is 0.497 e. The van der Waals surface area contributed by atoms with E-state index in [9.17, 15) is 0 Å². The summed E-state index contributed by atoms with van der Waals surface area (Å²) in [5.41, 5.74) is 2.06. The van der Waals surface area contributed by atoms with Crippen molar-refractivity contribution in [2.24, 2.45) is 0 Å². The van der Waals surface area contributed by atoms with E-state index in [2.05, 4.69) is 20.9 Å². The van der Waals surface area contributed by atoms with Crippen LogP contribution in [0.3, 0.4) is 0 Å². The van der Waals surface area contributed by atoms with E-state index < -0.39 is 0 Å². The van der Waals surface area contributed by atoms with Crippen LogP contribution in [0.25, 0.3) is 0 Å². The zero-order chi connectivity index (χ0) is 12.8. The third-order valence-electron chi connectivity index (χ3n) is 2.47. The predicted octanol–water partition coefficient (Wildman–Crippen LogP) is 3.56. The minimum Gasteiger partial charge on any atom is -0.497 e. The summed E-state index contributed by atoms with van der Waals surface area (Å²) >= 11 is 3.36. The summed E-state index contributed by atoms with van der Waals surface area (Å²) in [4.78, 5) is 4.25. The van der Waals surface area contributed by atoms with Gasteiger partial charge in [-0.2, -0.15) is 0 Å². The maximum atomic E-state index is 5.66. The van der Waals surface area contributed by atoms with E-state index in [1.165, 1.54) is 0 Å². The van der Waals surface area contributed by atoms with Crippen molar-refractivity contribution in [3.63, 3.8) is 0 Å². The van der Waals surface area contributed by atoms with Crippen molar-refractivity contribution in [3.05, 3.63) is 53.9 Å². The molecule has 3 nitrogen and oxygen atoms in total. The zero-order valence-corrected chi connectivity index (χ0v) is 11.7. The Bertz CT molecular complexity index is 499.